The standard InChI is InChI=1S/C9H10O2/c1-4-7-6(3)11-9(10)8(7)5-2/h4-6H,1-2H2,3H3. The maximum Gasteiger partial charge on any atom is 0.339 e. The lowest BCUT2D eigenvalue weighted by Crippen LogP contribution is -2.04. The molecule has 0 aliphatic carbocycles. The summed E-state index contributed by atoms with van der Waals surface area (Å²) in [4.78, 5) is 11.0. The Balaban J connectivity index is 3.11. The van der Waals surface area contributed by atoms with Crippen molar-refractivity contribution in [2.24, 2.45) is 0 Å². The Morgan fingerprint density at radius 3 is 2.45 bits per heavy atom. The highest BCUT2D eigenvalue weighted by molar-refractivity contribution is 5.95. The van der Waals surface area contributed by atoms with Gasteiger partial charge in [0, 0.05) is 5.57 Å². The molecule has 1 aliphatic heterocycles. The smallest absolute Gasteiger partial charge is 0.339 e. The summed E-state index contributed by atoms with van der Waals surface area (Å²) in [7, 11) is 0. The molecule has 11 heavy (non-hydrogen) atoms. The molecule has 0 fully saturated rings. The van der Waals surface area contributed by atoms with Gasteiger partial charge < -0.3 is 4.74 Å². The van der Waals surface area contributed by atoms with Crippen LogP contribution in [0.3, 0.4) is 0 Å². The van der Waals surface area contributed by atoms with E-state index in [0.717, 1.165) is 5.57 Å². The summed E-state index contributed by atoms with van der Waals surface area (Å²) in [6.45, 7) is 8.92. The molecule has 0 N–H and O–H groups in total. The van der Waals surface area contributed by atoms with E-state index in [1.807, 2.05) is 6.92 Å². The van der Waals surface area contributed by atoms with Gasteiger partial charge in [-0.05, 0) is 6.92 Å². The van der Waals surface area contributed by atoms with E-state index in [1.165, 1.54) is 6.08 Å². The van der Waals surface area contributed by atoms with Gasteiger partial charge in [-0.25, -0.2) is 4.79 Å². The van der Waals surface area contributed by atoms with Crippen molar-refractivity contribution in [3.63, 3.8) is 0 Å². The van der Waals surface area contributed by atoms with Crippen molar-refractivity contribution in [1.29, 1.82) is 0 Å². The van der Waals surface area contributed by atoms with E-state index >= 15 is 0 Å². The minimum Gasteiger partial charge on any atom is -0.454 e. The van der Waals surface area contributed by atoms with Gasteiger partial charge in [0.15, 0.2) is 0 Å². The zero-order valence-corrected chi connectivity index (χ0v) is 6.46. The SMILES string of the molecule is C=CC1=C(C=C)C(C)OC1=O. The topological polar surface area (TPSA) is 26.3 Å². The second-order valence-corrected chi connectivity index (χ2v) is 2.32. The summed E-state index contributed by atoms with van der Waals surface area (Å²) in [5.41, 5.74) is 1.36. The molecule has 2 nitrogen and oxygen atoms in total. The molecule has 0 aromatic carbocycles. The number of carbonyl (C=O) groups is 1. The number of ether oxygens (including phenoxy) is 1. The number of esters is 1. The maximum atomic E-state index is 11.0. The highest BCUT2D eigenvalue weighted by atomic mass is 16.5. The number of cyclic esters (lactones) is 1. The van der Waals surface area contributed by atoms with Gasteiger partial charge in [-0.3, -0.25) is 0 Å². The fourth-order valence-corrected chi connectivity index (χ4v) is 1.10. The lowest BCUT2D eigenvalue weighted by Gasteiger charge is -2.01. The van der Waals surface area contributed by atoms with E-state index in [9.17, 15) is 4.79 Å². The van der Waals surface area contributed by atoms with Crippen molar-refractivity contribution in [2.75, 3.05) is 0 Å². The summed E-state index contributed by atoms with van der Waals surface area (Å²) in [5.74, 6) is -0.303. The molecule has 0 aromatic heterocycles. The van der Waals surface area contributed by atoms with Crippen LogP contribution in [-0.4, -0.2) is 12.1 Å². The van der Waals surface area contributed by atoms with Gasteiger partial charge in [0.25, 0.3) is 0 Å². The quantitative estimate of drug-likeness (QED) is 0.559. The zero-order chi connectivity index (χ0) is 8.43. The third-order valence-electron chi connectivity index (χ3n) is 1.68. The Labute approximate surface area is 65.9 Å². The predicted molar refractivity (Wildman–Crippen MR) is 43.0 cm³/mol. The van der Waals surface area contributed by atoms with E-state index in [0.29, 0.717) is 5.57 Å². The molecule has 1 unspecified atom stereocenters. The summed E-state index contributed by atoms with van der Waals surface area (Å²) in [6.07, 6.45) is 2.96. The van der Waals surface area contributed by atoms with Crippen LogP contribution >= 0.6 is 0 Å². The molecule has 2 heteroatoms. The van der Waals surface area contributed by atoms with Crippen molar-refractivity contribution in [3.8, 4) is 0 Å². The molecule has 0 aromatic rings. The first-order valence-corrected chi connectivity index (χ1v) is 3.40. The number of carbonyl (C=O) groups excluding carboxylic acids is 1. The molecule has 1 heterocycles. The third kappa shape index (κ3) is 1.11. The van der Waals surface area contributed by atoms with E-state index in [2.05, 4.69) is 13.2 Å². The van der Waals surface area contributed by atoms with E-state index in [4.69, 9.17) is 4.74 Å². The number of hydrogen-bond acceptors (Lipinski definition) is 2. The van der Waals surface area contributed by atoms with Crippen LogP contribution in [0.4, 0.5) is 0 Å². The Morgan fingerprint density at radius 2 is 2.09 bits per heavy atom. The number of hydrogen-bond donors (Lipinski definition) is 0. The van der Waals surface area contributed by atoms with Gasteiger partial charge in [-0.2, -0.15) is 0 Å². The molecular formula is C9H10O2. The van der Waals surface area contributed by atoms with Crippen molar-refractivity contribution in [1.82, 2.24) is 0 Å². The first-order valence-electron chi connectivity index (χ1n) is 3.40. The average Bonchev–Trinajstić information content (AvgIpc) is 2.24. The molecule has 0 spiro atoms. The third-order valence-corrected chi connectivity index (χ3v) is 1.68. The lowest BCUT2D eigenvalue weighted by molar-refractivity contribution is -0.138. The fourth-order valence-electron chi connectivity index (χ4n) is 1.10. The van der Waals surface area contributed by atoms with Crippen LogP contribution in [0.2, 0.25) is 0 Å². The Kier molecular flexibility index (Phi) is 1.94. The second kappa shape index (κ2) is 2.74. The summed E-state index contributed by atoms with van der Waals surface area (Å²) in [5, 5.41) is 0. The lowest BCUT2D eigenvalue weighted by atomic mass is 10.1. The minimum atomic E-state index is -0.303. The minimum absolute atomic E-state index is 0.173. The van der Waals surface area contributed by atoms with Crippen LogP contribution in [0.25, 0.3) is 0 Å². The molecule has 0 bridgehead atoms. The molecule has 1 rings (SSSR count). The monoisotopic (exact) mass is 150 g/mol. The Morgan fingerprint density at radius 1 is 1.45 bits per heavy atom. The predicted octanol–water partition coefficient (Wildman–Crippen LogP) is 1.60. The van der Waals surface area contributed by atoms with Gasteiger partial charge >= 0.3 is 5.97 Å². The van der Waals surface area contributed by atoms with Gasteiger partial charge in [-0.1, -0.05) is 25.3 Å². The van der Waals surface area contributed by atoms with Gasteiger partial charge in [0.05, 0.1) is 5.57 Å². The van der Waals surface area contributed by atoms with E-state index < -0.39 is 0 Å². The summed E-state index contributed by atoms with van der Waals surface area (Å²) in [6, 6.07) is 0. The van der Waals surface area contributed by atoms with Crippen molar-refractivity contribution < 1.29 is 9.53 Å². The zero-order valence-electron chi connectivity index (χ0n) is 6.46. The summed E-state index contributed by atoms with van der Waals surface area (Å²) >= 11 is 0. The molecule has 1 atom stereocenters. The first kappa shape index (κ1) is 7.79. The summed E-state index contributed by atoms with van der Waals surface area (Å²) < 4.78 is 4.91. The van der Waals surface area contributed by atoms with Crippen molar-refractivity contribution in [2.45, 2.75) is 13.0 Å². The molecule has 1 aliphatic rings. The van der Waals surface area contributed by atoms with E-state index in [-0.39, 0.29) is 12.1 Å². The maximum absolute atomic E-state index is 11.0. The highest BCUT2D eigenvalue weighted by Gasteiger charge is 2.26. The molecular weight excluding hydrogens is 140 g/mol. The van der Waals surface area contributed by atoms with Crippen molar-refractivity contribution in [3.05, 3.63) is 36.5 Å². The van der Waals surface area contributed by atoms with Crippen LogP contribution in [0.1, 0.15) is 6.92 Å². The highest BCUT2D eigenvalue weighted by Crippen LogP contribution is 2.23. The fraction of sp³-hybridized carbons (Fsp3) is 0.222. The Hall–Kier alpha value is -1.31. The van der Waals surface area contributed by atoms with Crippen LogP contribution in [0.5, 0.6) is 0 Å². The van der Waals surface area contributed by atoms with Gasteiger partial charge in [0.1, 0.15) is 6.10 Å². The van der Waals surface area contributed by atoms with Crippen LogP contribution in [-0.2, 0) is 9.53 Å². The van der Waals surface area contributed by atoms with Gasteiger partial charge in [-0.15, -0.1) is 0 Å². The van der Waals surface area contributed by atoms with Crippen LogP contribution < -0.4 is 0 Å². The molecule has 0 radical (unpaired) electrons. The average molecular weight is 150 g/mol. The molecule has 0 amide bonds. The van der Waals surface area contributed by atoms with Gasteiger partial charge in [0.2, 0.25) is 0 Å². The molecule has 58 valence electrons. The Bertz CT molecular complexity index is 248. The van der Waals surface area contributed by atoms with Crippen LogP contribution in [0.15, 0.2) is 36.5 Å². The second-order valence-electron chi connectivity index (χ2n) is 2.32. The largest absolute Gasteiger partial charge is 0.454 e. The van der Waals surface area contributed by atoms with Crippen molar-refractivity contribution >= 4 is 5.97 Å². The molecule has 0 saturated heterocycles. The first-order chi connectivity index (χ1) is 5.20. The number of rotatable bonds is 2. The normalized spacial score (nSPS) is 23.4. The molecule has 0 saturated carbocycles. The van der Waals surface area contributed by atoms with E-state index in [1.54, 1.807) is 6.08 Å². The van der Waals surface area contributed by atoms with Crippen LogP contribution in [0, 0.1) is 0 Å².